The minimum absolute atomic E-state index is 0.191. The summed E-state index contributed by atoms with van der Waals surface area (Å²) in [6.07, 6.45) is 0.966. The van der Waals surface area contributed by atoms with Crippen LogP contribution in [0.1, 0.15) is 34.0 Å². The molecule has 3 aromatic rings. The molecule has 23 heavy (non-hydrogen) atoms. The zero-order valence-corrected chi connectivity index (χ0v) is 13.5. The van der Waals surface area contributed by atoms with Gasteiger partial charge in [0.05, 0.1) is 17.2 Å². The maximum Gasteiger partial charge on any atom is 0.0745 e. The number of pyridine rings is 1. The molecule has 0 fully saturated rings. The van der Waals surface area contributed by atoms with Crippen LogP contribution in [0.15, 0.2) is 42.5 Å². The van der Waals surface area contributed by atoms with Gasteiger partial charge in [-0.15, -0.1) is 0 Å². The monoisotopic (exact) mass is 304 g/mol. The highest BCUT2D eigenvalue weighted by atomic mass is 16.4. The van der Waals surface area contributed by atoms with Crippen LogP contribution in [0.25, 0.3) is 22.2 Å². The first-order valence-corrected chi connectivity index (χ1v) is 7.72. The highest BCUT2D eigenvalue weighted by Crippen LogP contribution is 2.27. The van der Waals surface area contributed by atoms with Gasteiger partial charge in [-0.1, -0.05) is 42.8 Å². The Bertz CT molecular complexity index is 896. The zero-order valence-electron chi connectivity index (χ0n) is 13.5. The summed E-state index contributed by atoms with van der Waals surface area (Å²) in [6, 6.07) is 13.5. The molecule has 0 aliphatic heterocycles. The molecule has 3 heteroatoms. The van der Waals surface area contributed by atoms with Gasteiger partial charge in [0.2, 0.25) is 0 Å². The Labute approximate surface area is 135 Å². The van der Waals surface area contributed by atoms with E-state index in [-0.39, 0.29) is 5.56 Å². The first-order chi connectivity index (χ1) is 11.0. The summed E-state index contributed by atoms with van der Waals surface area (Å²) in [5, 5.41) is 12.2. The number of fused-ring (bicyclic) bond motifs is 1. The van der Waals surface area contributed by atoms with Crippen molar-refractivity contribution in [3.63, 3.8) is 0 Å². The molecule has 0 radical (unpaired) electrons. The van der Waals surface area contributed by atoms with Crippen molar-refractivity contribution in [2.24, 2.45) is 0 Å². The Morgan fingerprint density at radius 3 is 2.39 bits per heavy atom. The van der Waals surface area contributed by atoms with Crippen molar-refractivity contribution in [2.75, 3.05) is 0 Å². The predicted octanol–water partition coefficient (Wildman–Crippen LogP) is 3.44. The fraction of sp³-hybridized carbons (Fsp3) is 0.200. The second kappa shape index (κ2) is 5.84. The molecule has 3 rings (SSSR count). The average Bonchev–Trinajstić information content (AvgIpc) is 2.54. The Hall–Kier alpha value is -2.68. The molecule has 0 amide bonds. The number of aromatic nitrogens is 1. The summed E-state index contributed by atoms with van der Waals surface area (Å²) in [6.45, 7) is 6.00. The number of aromatic carboxylic acids is 1. The van der Waals surface area contributed by atoms with E-state index in [1.54, 1.807) is 6.07 Å². The SMILES string of the molecule is CCc1ccc(-c2cc(C(=O)[O-])c3cc(C)cc(C)c3n2)cc1. The van der Waals surface area contributed by atoms with E-state index in [0.29, 0.717) is 16.6 Å². The smallest absolute Gasteiger partial charge is 0.0745 e. The molecule has 0 bridgehead atoms. The molecule has 2 aromatic carbocycles. The van der Waals surface area contributed by atoms with Crippen molar-refractivity contribution in [3.05, 3.63) is 64.7 Å². The molecule has 0 saturated heterocycles. The van der Waals surface area contributed by atoms with Gasteiger partial charge >= 0.3 is 0 Å². The van der Waals surface area contributed by atoms with Crippen molar-refractivity contribution in [2.45, 2.75) is 27.2 Å². The number of rotatable bonds is 3. The van der Waals surface area contributed by atoms with Crippen LogP contribution in [-0.4, -0.2) is 11.0 Å². The average molecular weight is 304 g/mol. The second-order valence-electron chi connectivity index (χ2n) is 5.87. The lowest BCUT2D eigenvalue weighted by molar-refractivity contribution is -0.254. The molecule has 1 heterocycles. The van der Waals surface area contributed by atoms with Crippen LogP contribution >= 0.6 is 0 Å². The lowest BCUT2D eigenvalue weighted by atomic mass is 9.99. The topological polar surface area (TPSA) is 53.0 Å². The van der Waals surface area contributed by atoms with Gasteiger partial charge in [-0.05, 0) is 43.5 Å². The van der Waals surface area contributed by atoms with Crippen LogP contribution in [0, 0.1) is 13.8 Å². The van der Waals surface area contributed by atoms with E-state index in [0.717, 1.165) is 23.1 Å². The van der Waals surface area contributed by atoms with Crippen LogP contribution in [0.3, 0.4) is 0 Å². The van der Waals surface area contributed by atoms with Gasteiger partial charge in [-0.3, -0.25) is 0 Å². The van der Waals surface area contributed by atoms with E-state index in [9.17, 15) is 9.90 Å². The van der Waals surface area contributed by atoms with E-state index in [2.05, 4.69) is 6.92 Å². The molecule has 0 unspecified atom stereocenters. The van der Waals surface area contributed by atoms with E-state index in [4.69, 9.17) is 4.98 Å². The van der Waals surface area contributed by atoms with E-state index < -0.39 is 5.97 Å². The summed E-state index contributed by atoms with van der Waals surface area (Å²) in [5.74, 6) is -1.17. The van der Waals surface area contributed by atoms with E-state index in [1.807, 2.05) is 50.2 Å². The maximum absolute atomic E-state index is 11.6. The first-order valence-electron chi connectivity index (χ1n) is 7.72. The molecule has 0 saturated carbocycles. The van der Waals surface area contributed by atoms with Crippen molar-refractivity contribution >= 4 is 16.9 Å². The molecule has 116 valence electrons. The molecule has 0 spiro atoms. The Balaban J connectivity index is 2.27. The summed E-state index contributed by atoms with van der Waals surface area (Å²) >= 11 is 0. The lowest BCUT2D eigenvalue weighted by Crippen LogP contribution is -2.23. The third-order valence-corrected chi connectivity index (χ3v) is 4.13. The van der Waals surface area contributed by atoms with Crippen LogP contribution in [-0.2, 0) is 6.42 Å². The molecular formula is C20H18NO2-. The Kier molecular flexibility index (Phi) is 3.87. The molecule has 0 N–H and O–H groups in total. The summed E-state index contributed by atoms with van der Waals surface area (Å²) in [7, 11) is 0. The number of carbonyl (C=O) groups excluding carboxylic acids is 1. The van der Waals surface area contributed by atoms with Crippen LogP contribution < -0.4 is 5.11 Å². The van der Waals surface area contributed by atoms with E-state index >= 15 is 0 Å². The standard InChI is InChI=1S/C20H19NO2/c1-4-14-5-7-15(8-6-14)18-11-17(20(22)23)16-10-12(2)9-13(3)19(16)21-18/h5-11H,4H2,1-3H3,(H,22,23)/p-1. The number of carboxylic acid groups (broad SMARTS) is 1. The number of hydrogen-bond acceptors (Lipinski definition) is 3. The maximum atomic E-state index is 11.6. The number of aryl methyl sites for hydroxylation is 3. The third kappa shape index (κ3) is 2.82. The molecular weight excluding hydrogens is 286 g/mol. The second-order valence-corrected chi connectivity index (χ2v) is 5.87. The fourth-order valence-electron chi connectivity index (χ4n) is 2.91. The number of benzene rings is 2. The van der Waals surface area contributed by atoms with Gasteiger partial charge in [0.1, 0.15) is 0 Å². The third-order valence-electron chi connectivity index (χ3n) is 4.13. The number of carboxylic acids is 1. The fourth-order valence-corrected chi connectivity index (χ4v) is 2.91. The molecule has 0 aliphatic rings. The zero-order chi connectivity index (χ0) is 16.6. The van der Waals surface area contributed by atoms with Gasteiger partial charge in [0, 0.05) is 16.5 Å². The summed E-state index contributed by atoms with van der Waals surface area (Å²) < 4.78 is 0. The molecule has 0 aliphatic carbocycles. The molecule has 3 nitrogen and oxygen atoms in total. The summed E-state index contributed by atoms with van der Waals surface area (Å²) in [4.78, 5) is 16.3. The minimum atomic E-state index is -1.17. The van der Waals surface area contributed by atoms with Gasteiger partial charge in [0.15, 0.2) is 0 Å². The van der Waals surface area contributed by atoms with Crippen molar-refractivity contribution in [3.8, 4) is 11.3 Å². The molecule has 0 atom stereocenters. The Morgan fingerprint density at radius 1 is 1.09 bits per heavy atom. The predicted molar refractivity (Wildman–Crippen MR) is 90.4 cm³/mol. The normalized spacial score (nSPS) is 10.9. The van der Waals surface area contributed by atoms with Gasteiger partial charge in [0.25, 0.3) is 0 Å². The van der Waals surface area contributed by atoms with E-state index in [1.165, 1.54) is 5.56 Å². The van der Waals surface area contributed by atoms with Crippen LogP contribution in [0.4, 0.5) is 0 Å². The van der Waals surface area contributed by atoms with Crippen molar-refractivity contribution in [1.82, 2.24) is 4.98 Å². The highest BCUT2D eigenvalue weighted by Gasteiger charge is 2.11. The number of nitrogens with zero attached hydrogens (tertiary/aromatic N) is 1. The number of carbonyl (C=O) groups is 1. The first kappa shape index (κ1) is 15.2. The van der Waals surface area contributed by atoms with Crippen LogP contribution in [0.2, 0.25) is 0 Å². The van der Waals surface area contributed by atoms with Crippen LogP contribution in [0.5, 0.6) is 0 Å². The lowest BCUT2D eigenvalue weighted by Gasteiger charge is -2.13. The summed E-state index contributed by atoms with van der Waals surface area (Å²) in [5.41, 5.74) is 5.69. The molecule has 1 aromatic heterocycles. The number of hydrogen-bond donors (Lipinski definition) is 0. The van der Waals surface area contributed by atoms with Gasteiger partial charge in [-0.25, -0.2) is 4.98 Å². The quantitative estimate of drug-likeness (QED) is 0.744. The van der Waals surface area contributed by atoms with Gasteiger partial charge in [-0.2, -0.15) is 0 Å². The largest absolute Gasteiger partial charge is 0.545 e. The van der Waals surface area contributed by atoms with Crippen molar-refractivity contribution in [1.29, 1.82) is 0 Å². The highest BCUT2D eigenvalue weighted by molar-refractivity contribution is 6.03. The Morgan fingerprint density at radius 2 is 1.78 bits per heavy atom. The van der Waals surface area contributed by atoms with Gasteiger partial charge < -0.3 is 9.90 Å². The van der Waals surface area contributed by atoms with Crippen molar-refractivity contribution < 1.29 is 9.90 Å². The minimum Gasteiger partial charge on any atom is -0.545 e.